The molecule has 2 heterocycles. The minimum absolute atomic E-state index is 0.0487. The van der Waals surface area contributed by atoms with Crippen molar-refractivity contribution in [1.82, 2.24) is 10.2 Å². The topological polar surface area (TPSA) is 53.9 Å². The van der Waals surface area contributed by atoms with Crippen LogP contribution in [0.1, 0.15) is 65.7 Å². The number of hydrogen-bond acceptors (Lipinski definition) is 5. The Balaban J connectivity index is 1.29. The van der Waals surface area contributed by atoms with Gasteiger partial charge in [-0.3, -0.25) is 4.79 Å². The van der Waals surface area contributed by atoms with E-state index in [0.717, 1.165) is 35.9 Å². The third-order valence-electron chi connectivity index (χ3n) is 7.93. The van der Waals surface area contributed by atoms with Crippen LogP contribution in [0.3, 0.4) is 0 Å². The van der Waals surface area contributed by atoms with Crippen LogP contribution in [0.2, 0.25) is 0 Å². The molecule has 4 rings (SSSR count). The Bertz CT molecular complexity index is 629. The van der Waals surface area contributed by atoms with Gasteiger partial charge in [-0.05, 0) is 97.2 Å². The van der Waals surface area contributed by atoms with Crippen molar-refractivity contribution < 1.29 is 9.53 Å². The molecule has 1 N–H and O–H groups in total. The lowest BCUT2D eigenvalue weighted by Crippen LogP contribution is -2.51. The molecule has 2 aliphatic heterocycles. The van der Waals surface area contributed by atoms with E-state index in [1.807, 2.05) is 6.92 Å². The number of fused-ring (bicyclic) bond motifs is 2. The first-order valence-corrected chi connectivity index (χ1v) is 12.0. The van der Waals surface area contributed by atoms with E-state index in [1.165, 1.54) is 51.6 Å². The molecule has 28 heavy (non-hydrogen) atoms. The molecule has 4 atom stereocenters. The van der Waals surface area contributed by atoms with Crippen LogP contribution in [0.5, 0.6) is 0 Å². The molecule has 1 unspecified atom stereocenters. The fourth-order valence-electron chi connectivity index (χ4n) is 5.45. The number of rotatable bonds is 6. The number of piperidine rings is 1. The zero-order valence-electron chi connectivity index (χ0n) is 18.0. The van der Waals surface area contributed by atoms with Gasteiger partial charge >= 0.3 is 0 Å². The molecule has 1 amide bonds. The number of carbonyl (C=O) groups is 1. The number of nitrogens with one attached hydrogen (secondary N) is 1. The molecule has 0 spiro atoms. The van der Waals surface area contributed by atoms with Gasteiger partial charge in [-0.25, -0.2) is 0 Å². The number of nitrogens with zero attached hydrogens (tertiary/aromatic N) is 2. The van der Waals surface area contributed by atoms with Crippen molar-refractivity contribution in [3.63, 3.8) is 0 Å². The largest absolute Gasteiger partial charge is 0.374 e. The highest BCUT2D eigenvalue weighted by atomic mass is 32.2. The number of likely N-dealkylation sites (tertiary alicyclic amines) is 1. The summed E-state index contributed by atoms with van der Waals surface area (Å²) in [5, 5.41) is 4.43. The number of carbonyl (C=O) groups excluding carboxylic acids is 1. The third kappa shape index (κ3) is 4.01. The molecule has 1 saturated heterocycles. The fraction of sp³-hybridized carbons (Fsp3) is 0.909. The molecule has 2 bridgehead atoms. The smallest absolute Gasteiger partial charge is 0.267 e. The second-order valence-corrected chi connectivity index (χ2v) is 11.6. The van der Waals surface area contributed by atoms with Crippen molar-refractivity contribution in [3.8, 4) is 0 Å². The highest BCUT2D eigenvalue weighted by Crippen LogP contribution is 2.47. The maximum Gasteiger partial charge on any atom is 0.267 e. The zero-order chi connectivity index (χ0) is 19.9. The summed E-state index contributed by atoms with van der Waals surface area (Å²) in [4.78, 5) is 19.7. The lowest BCUT2D eigenvalue weighted by Gasteiger charge is -2.39. The van der Waals surface area contributed by atoms with Crippen molar-refractivity contribution >= 4 is 22.8 Å². The third-order valence-corrected chi connectivity index (χ3v) is 9.41. The van der Waals surface area contributed by atoms with E-state index in [2.05, 4.69) is 36.1 Å². The molecule has 0 radical (unpaired) electrons. The SMILES string of the molecule is CN1CCC(CCOC(C)(C)C2(C)SC(N[C@H]3C[C@@H]4CC[C@H]3C4)=NC2=O)CC1. The Morgan fingerprint density at radius 1 is 1.25 bits per heavy atom. The quantitative estimate of drug-likeness (QED) is 0.728. The van der Waals surface area contributed by atoms with E-state index in [-0.39, 0.29) is 5.91 Å². The zero-order valence-corrected chi connectivity index (χ0v) is 18.8. The maximum atomic E-state index is 12.9. The lowest BCUT2D eigenvalue weighted by atomic mass is 9.90. The van der Waals surface area contributed by atoms with Gasteiger partial charge in [0.1, 0.15) is 4.75 Å². The standard InChI is InChI=1S/C22H37N3O2S/c1-21(2,27-12-9-15-7-10-25(4)11-8-15)22(3)19(26)24-20(28-22)23-18-14-16-5-6-17(18)13-16/h15-18H,5-14H2,1-4H3,(H,23,24,26)/t16-,17+,18+,22?/m1/s1. The average Bonchev–Trinajstić information content (AvgIpc) is 3.33. The van der Waals surface area contributed by atoms with E-state index in [0.29, 0.717) is 6.04 Å². The van der Waals surface area contributed by atoms with E-state index >= 15 is 0 Å². The van der Waals surface area contributed by atoms with Crippen LogP contribution in [-0.4, -0.2) is 59.1 Å². The molecular formula is C22H37N3O2S. The van der Waals surface area contributed by atoms with Gasteiger partial charge in [0.15, 0.2) is 5.17 Å². The van der Waals surface area contributed by atoms with Crippen LogP contribution in [0.15, 0.2) is 4.99 Å². The summed E-state index contributed by atoms with van der Waals surface area (Å²) in [5.41, 5.74) is -0.540. The Kier molecular flexibility index (Phi) is 5.85. The summed E-state index contributed by atoms with van der Waals surface area (Å²) in [6.07, 6.45) is 8.91. The predicted molar refractivity (Wildman–Crippen MR) is 116 cm³/mol. The Morgan fingerprint density at radius 2 is 2.00 bits per heavy atom. The first kappa shape index (κ1) is 20.7. The van der Waals surface area contributed by atoms with Gasteiger partial charge in [0, 0.05) is 12.6 Å². The average molecular weight is 408 g/mol. The van der Waals surface area contributed by atoms with Gasteiger partial charge in [-0.1, -0.05) is 18.2 Å². The Labute approximate surface area is 174 Å². The molecule has 2 saturated carbocycles. The molecule has 4 aliphatic rings. The van der Waals surface area contributed by atoms with Crippen LogP contribution >= 0.6 is 11.8 Å². The normalized spacial score (nSPS) is 36.9. The van der Waals surface area contributed by atoms with E-state index < -0.39 is 10.3 Å². The minimum Gasteiger partial charge on any atom is -0.374 e. The van der Waals surface area contributed by atoms with Gasteiger partial charge in [-0.15, -0.1) is 0 Å². The Hall–Kier alpha value is -0.590. The summed E-state index contributed by atoms with van der Waals surface area (Å²) >= 11 is 1.59. The van der Waals surface area contributed by atoms with E-state index in [9.17, 15) is 4.79 Å². The summed E-state index contributed by atoms with van der Waals surface area (Å²) in [6.45, 7) is 9.22. The van der Waals surface area contributed by atoms with Crippen LogP contribution in [0.4, 0.5) is 0 Å². The van der Waals surface area contributed by atoms with Crippen molar-refractivity contribution in [2.45, 2.75) is 82.1 Å². The predicted octanol–water partition coefficient (Wildman–Crippen LogP) is 3.68. The number of thioether (sulfide) groups is 1. The molecule has 6 heteroatoms. The Morgan fingerprint density at radius 3 is 2.64 bits per heavy atom. The molecule has 5 nitrogen and oxygen atoms in total. The lowest BCUT2D eigenvalue weighted by molar-refractivity contribution is -0.128. The number of ether oxygens (including phenoxy) is 1. The summed E-state index contributed by atoms with van der Waals surface area (Å²) in [5.74, 6) is 2.36. The molecular weight excluding hydrogens is 370 g/mol. The van der Waals surface area contributed by atoms with Crippen molar-refractivity contribution in [2.75, 3.05) is 26.7 Å². The number of amidine groups is 1. The number of amides is 1. The van der Waals surface area contributed by atoms with Gasteiger partial charge in [-0.2, -0.15) is 4.99 Å². The molecule has 3 fully saturated rings. The monoisotopic (exact) mass is 407 g/mol. The van der Waals surface area contributed by atoms with E-state index in [1.54, 1.807) is 11.8 Å². The van der Waals surface area contributed by atoms with Crippen LogP contribution < -0.4 is 5.32 Å². The molecule has 158 valence electrons. The summed E-state index contributed by atoms with van der Waals surface area (Å²) in [6, 6.07) is 0.508. The van der Waals surface area contributed by atoms with Crippen LogP contribution in [0, 0.1) is 17.8 Å². The highest BCUT2D eigenvalue weighted by Gasteiger charge is 2.54. The summed E-state index contributed by atoms with van der Waals surface area (Å²) < 4.78 is 5.67. The van der Waals surface area contributed by atoms with Gasteiger partial charge < -0.3 is 15.0 Å². The molecule has 0 aromatic heterocycles. The highest BCUT2D eigenvalue weighted by molar-refractivity contribution is 8.16. The first-order valence-electron chi connectivity index (χ1n) is 11.2. The van der Waals surface area contributed by atoms with Crippen molar-refractivity contribution in [2.24, 2.45) is 22.7 Å². The first-order chi connectivity index (χ1) is 13.3. The van der Waals surface area contributed by atoms with Crippen LogP contribution in [0.25, 0.3) is 0 Å². The molecule has 0 aromatic carbocycles. The summed E-state index contributed by atoms with van der Waals surface area (Å²) in [7, 11) is 2.20. The van der Waals surface area contributed by atoms with Gasteiger partial charge in [0.2, 0.25) is 0 Å². The van der Waals surface area contributed by atoms with Crippen molar-refractivity contribution in [1.29, 1.82) is 0 Å². The van der Waals surface area contributed by atoms with Crippen molar-refractivity contribution in [3.05, 3.63) is 0 Å². The molecule has 0 aromatic rings. The number of hydrogen-bond donors (Lipinski definition) is 1. The minimum atomic E-state index is -0.653. The van der Waals surface area contributed by atoms with Gasteiger partial charge in [0.05, 0.1) is 5.60 Å². The van der Waals surface area contributed by atoms with E-state index in [4.69, 9.17) is 4.74 Å². The second kappa shape index (κ2) is 7.92. The number of aliphatic imine (C=N–C) groups is 1. The second-order valence-electron chi connectivity index (χ2n) is 10.2. The maximum absolute atomic E-state index is 12.9. The van der Waals surface area contributed by atoms with Gasteiger partial charge in [0.25, 0.3) is 5.91 Å². The molecule has 2 aliphatic carbocycles. The fourth-order valence-corrected chi connectivity index (χ4v) is 6.61. The van der Waals surface area contributed by atoms with Crippen LogP contribution in [-0.2, 0) is 9.53 Å².